The number of benzene rings is 1. The van der Waals surface area contributed by atoms with Gasteiger partial charge in [-0.25, -0.2) is 0 Å². The van der Waals surface area contributed by atoms with Gasteiger partial charge < -0.3 is 0 Å². The third kappa shape index (κ3) is 1.98. The Morgan fingerprint density at radius 1 is 0.704 bits per heavy atom. The number of hydrogen-bond acceptors (Lipinski definition) is 3. The van der Waals surface area contributed by atoms with E-state index in [9.17, 15) is 0 Å². The van der Waals surface area contributed by atoms with Gasteiger partial charge in [0, 0.05) is 30.2 Å². The summed E-state index contributed by atoms with van der Waals surface area (Å²) in [5.41, 5.74) is 7.56. The third-order valence-corrected chi connectivity index (χ3v) is 11.0. The Bertz CT molecular complexity index is 1300. The highest BCUT2D eigenvalue weighted by atomic mass is 79.9. The van der Waals surface area contributed by atoms with E-state index < -0.39 is 0 Å². The molecule has 0 nitrogen and oxygen atoms in total. The number of fused-ring (bicyclic) bond motifs is 9. The van der Waals surface area contributed by atoms with Gasteiger partial charge in [-0.05, 0) is 77.2 Å². The maximum atomic E-state index is 3.71. The van der Waals surface area contributed by atoms with Crippen LogP contribution in [0.25, 0.3) is 30.3 Å². The maximum Gasteiger partial charge on any atom is 0.0708 e. The Hall–Kier alpha value is -0.460. The molecule has 0 fully saturated rings. The van der Waals surface area contributed by atoms with Crippen molar-refractivity contribution in [2.24, 2.45) is 0 Å². The predicted octanol–water partition coefficient (Wildman–Crippen LogP) is 9.16. The molecule has 0 amide bonds. The molecule has 27 heavy (non-hydrogen) atoms. The lowest BCUT2D eigenvalue weighted by Gasteiger charge is -2.23. The molecule has 0 saturated heterocycles. The van der Waals surface area contributed by atoms with Gasteiger partial charge in [0.15, 0.2) is 0 Å². The van der Waals surface area contributed by atoms with Crippen LogP contribution in [0.2, 0.25) is 0 Å². The molecule has 0 unspecified atom stereocenters. The predicted molar refractivity (Wildman–Crippen MR) is 128 cm³/mol. The molecule has 0 aliphatic heterocycles. The third-order valence-electron chi connectivity index (χ3n) is 6.31. The summed E-state index contributed by atoms with van der Waals surface area (Å²) in [6.45, 7) is 9.55. The monoisotopic (exact) mass is 534 g/mol. The van der Waals surface area contributed by atoms with E-state index in [4.69, 9.17) is 0 Å². The molecule has 0 radical (unpaired) electrons. The summed E-state index contributed by atoms with van der Waals surface area (Å²) in [6, 6.07) is 9.41. The van der Waals surface area contributed by atoms with Gasteiger partial charge in [-0.2, -0.15) is 0 Å². The summed E-state index contributed by atoms with van der Waals surface area (Å²) in [6.07, 6.45) is 0. The first-order chi connectivity index (χ1) is 12.7. The molecule has 4 aromatic rings. The van der Waals surface area contributed by atoms with Crippen molar-refractivity contribution in [3.05, 3.63) is 54.1 Å². The smallest absolute Gasteiger partial charge is 0.0708 e. The second-order valence-corrected chi connectivity index (χ2v) is 14.4. The van der Waals surface area contributed by atoms with Crippen molar-refractivity contribution < 1.29 is 0 Å². The van der Waals surface area contributed by atoms with Crippen molar-refractivity contribution in [1.82, 2.24) is 0 Å². The average molecular weight is 536 g/mol. The number of thiophene rings is 3. The van der Waals surface area contributed by atoms with Crippen molar-refractivity contribution in [2.45, 2.75) is 38.5 Å². The summed E-state index contributed by atoms with van der Waals surface area (Å²) in [5, 5.41) is 1.46. The van der Waals surface area contributed by atoms with Gasteiger partial charge in [0.2, 0.25) is 0 Å². The fourth-order valence-electron chi connectivity index (χ4n) is 5.04. The van der Waals surface area contributed by atoms with Crippen molar-refractivity contribution in [2.75, 3.05) is 0 Å². The highest BCUT2D eigenvalue weighted by molar-refractivity contribution is 9.11. The largest absolute Gasteiger partial charge is 0.134 e. The Morgan fingerprint density at radius 2 is 1.30 bits per heavy atom. The minimum Gasteiger partial charge on any atom is -0.134 e. The fourth-order valence-corrected chi connectivity index (χ4v) is 10.4. The second kappa shape index (κ2) is 5.17. The molecule has 0 N–H and O–H groups in total. The Kier molecular flexibility index (Phi) is 3.33. The molecule has 2 aliphatic carbocycles. The summed E-state index contributed by atoms with van der Waals surface area (Å²) in [7, 11) is 0. The highest BCUT2D eigenvalue weighted by Gasteiger charge is 2.44. The summed E-state index contributed by atoms with van der Waals surface area (Å²) in [5.74, 6) is 0. The van der Waals surface area contributed by atoms with Crippen molar-refractivity contribution in [3.8, 4) is 20.2 Å². The number of rotatable bonds is 0. The van der Waals surface area contributed by atoms with Crippen LogP contribution in [0.3, 0.4) is 0 Å². The molecule has 6 rings (SSSR count). The van der Waals surface area contributed by atoms with E-state index in [1.807, 2.05) is 34.0 Å². The molecule has 2 aliphatic rings. The molecule has 5 heteroatoms. The van der Waals surface area contributed by atoms with Crippen LogP contribution in [-0.4, -0.2) is 0 Å². The SMILES string of the molecule is CC1(C)c2cc(Br)sc2-c2sc3c4c(ccc3c21)-c1sc(Br)cc1C4(C)C. The molecule has 3 aromatic heterocycles. The normalized spacial score (nSPS) is 17.9. The van der Waals surface area contributed by atoms with E-state index in [-0.39, 0.29) is 10.8 Å². The number of halogens is 2. The van der Waals surface area contributed by atoms with Gasteiger partial charge in [0.25, 0.3) is 0 Å². The average Bonchev–Trinajstić information content (AvgIpc) is 3.32. The van der Waals surface area contributed by atoms with Crippen LogP contribution in [0, 0.1) is 0 Å². The first-order valence-electron chi connectivity index (χ1n) is 8.92. The zero-order valence-electron chi connectivity index (χ0n) is 15.3. The van der Waals surface area contributed by atoms with Gasteiger partial charge in [-0.15, -0.1) is 34.0 Å². The quantitative estimate of drug-likeness (QED) is 0.210. The van der Waals surface area contributed by atoms with Gasteiger partial charge in [-0.1, -0.05) is 39.8 Å². The molecular formula is C22H16Br2S3. The maximum absolute atomic E-state index is 3.71. The molecule has 0 bridgehead atoms. The Balaban J connectivity index is 1.74. The number of hydrogen-bond donors (Lipinski definition) is 0. The van der Waals surface area contributed by atoms with Crippen LogP contribution >= 0.6 is 65.9 Å². The topological polar surface area (TPSA) is 0 Å². The van der Waals surface area contributed by atoms with Gasteiger partial charge >= 0.3 is 0 Å². The molecule has 3 heterocycles. The summed E-state index contributed by atoms with van der Waals surface area (Å²) >= 11 is 13.2. The van der Waals surface area contributed by atoms with Gasteiger partial charge in [0.1, 0.15) is 0 Å². The first-order valence-corrected chi connectivity index (χ1v) is 13.0. The van der Waals surface area contributed by atoms with Crippen molar-refractivity contribution in [1.29, 1.82) is 0 Å². The molecule has 0 atom stereocenters. The van der Waals surface area contributed by atoms with Gasteiger partial charge in [-0.3, -0.25) is 0 Å². The van der Waals surface area contributed by atoms with Crippen LogP contribution in [0.15, 0.2) is 31.8 Å². The van der Waals surface area contributed by atoms with Crippen LogP contribution in [-0.2, 0) is 10.8 Å². The van der Waals surface area contributed by atoms with E-state index in [1.165, 1.54) is 60.1 Å². The second-order valence-electron chi connectivity index (χ2n) is 8.51. The molecule has 136 valence electrons. The van der Waals surface area contributed by atoms with Crippen LogP contribution in [0.5, 0.6) is 0 Å². The minimum atomic E-state index is 0.0499. The van der Waals surface area contributed by atoms with E-state index >= 15 is 0 Å². The van der Waals surface area contributed by atoms with E-state index in [1.54, 1.807) is 0 Å². The standard InChI is InChI=1S/C22H16Br2S3/c1-21(2)11-7-13(23)25-17(11)9-5-6-10-16-20(27-18(10)15(9)21)19-12(22(16,3)4)8-14(24)26-19/h5-8H,1-4H3. The van der Waals surface area contributed by atoms with E-state index in [0.29, 0.717) is 0 Å². The molecule has 0 spiro atoms. The highest BCUT2D eigenvalue weighted by Crippen LogP contribution is 2.62. The summed E-state index contributed by atoms with van der Waals surface area (Å²) < 4.78 is 3.96. The lowest BCUT2D eigenvalue weighted by atomic mass is 9.79. The van der Waals surface area contributed by atoms with Crippen LogP contribution < -0.4 is 0 Å². The van der Waals surface area contributed by atoms with Crippen molar-refractivity contribution in [3.63, 3.8) is 0 Å². The van der Waals surface area contributed by atoms with Gasteiger partial charge in [0.05, 0.1) is 7.57 Å². The van der Waals surface area contributed by atoms with Crippen LogP contribution in [0.4, 0.5) is 0 Å². The fraction of sp³-hybridized carbons (Fsp3) is 0.273. The minimum absolute atomic E-state index is 0.0499. The molecule has 1 aromatic carbocycles. The van der Waals surface area contributed by atoms with Crippen LogP contribution in [0.1, 0.15) is 49.9 Å². The zero-order valence-corrected chi connectivity index (χ0v) is 20.9. The zero-order chi connectivity index (χ0) is 18.9. The van der Waals surface area contributed by atoms with Crippen molar-refractivity contribution >= 4 is 76.0 Å². The molecule has 0 saturated carbocycles. The Morgan fingerprint density at radius 3 is 2.00 bits per heavy atom. The lowest BCUT2D eigenvalue weighted by molar-refractivity contribution is 0.664. The molecular weight excluding hydrogens is 520 g/mol. The van der Waals surface area contributed by atoms with E-state index in [0.717, 1.165) is 0 Å². The lowest BCUT2D eigenvalue weighted by Crippen LogP contribution is -2.16. The van der Waals surface area contributed by atoms with E-state index in [2.05, 4.69) is 83.8 Å². The summed E-state index contributed by atoms with van der Waals surface area (Å²) in [4.78, 5) is 4.39. The Labute approximate surface area is 187 Å². The first kappa shape index (κ1) is 17.4.